The Kier molecular flexibility index (Phi) is 6.01. The van der Waals surface area contributed by atoms with Crippen molar-refractivity contribution in [2.45, 2.75) is 51.2 Å². The summed E-state index contributed by atoms with van der Waals surface area (Å²) in [5, 5.41) is 7.54. The number of hydrogen-bond acceptors (Lipinski definition) is 8. The summed E-state index contributed by atoms with van der Waals surface area (Å²) in [4.78, 5) is 17.6. The van der Waals surface area contributed by atoms with Crippen LogP contribution in [0, 0.1) is 0 Å². The summed E-state index contributed by atoms with van der Waals surface area (Å²) in [6.45, 7) is 1.85. The molecule has 166 valence electrons. The summed E-state index contributed by atoms with van der Waals surface area (Å²) in [6.07, 6.45) is 6.54. The van der Waals surface area contributed by atoms with Crippen LogP contribution in [-0.4, -0.2) is 48.2 Å². The van der Waals surface area contributed by atoms with E-state index in [-0.39, 0.29) is 12.1 Å². The number of carbonyl (C=O) groups excluding carboxylic acids is 1. The van der Waals surface area contributed by atoms with Gasteiger partial charge in [0.1, 0.15) is 18.5 Å². The van der Waals surface area contributed by atoms with E-state index >= 15 is 0 Å². The molecule has 0 saturated heterocycles. The second-order valence-electron chi connectivity index (χ2n) is 7.72. The van der Waals surface area contributed by atoms with Crippen molar-refractivity contribution < 1.29 is 23.7 Å². The van der Waals surface area contributed by atoms with E-state index in [1.807, 2.05) is 19.1 Å². The van der Waals surface area contributed by atoms with E-state index in [0.717, 1.165) is 31.2 Å². The van der Waals surface area contributed by atoms with E-state index in [1.54, 1.807) is 26.0 Å². The van der Waals surface area contributed by atoms with Crippen LogP contribution in [0.4, 0.5) is 5.95 Å². The maximum Gasteiger partial charge on any atom is 0.338 e. The van der Waals surface area contributed by atoms with Crippen molar-refractivity contribution in [3.63, 3.8) is 0 Å². The molecular weight excluding hydrogens is 400 g/mol. The van der Waals surface area contributed by atoms with Crippen molar-refractivity contribution in [1.82, 2.24) is 14.8 Å². The van der Waals surface area contributed by atoms with Crippen LogP contribution in [0.5, 0.6) is 17.2 Å². The first-order valence-electron chi connectivity index (χ1n) is 10.5. The van der Waals surface area contributed by atoms with Crippen molar-refractivity contribution in [3.8, 4) is 17.2 Å². The van der Waals surface area contributed by atoms with Gasteiger partial charge in [-0.3, -0.25) is 0 Å². The first kappa shape index (κ1) is 21.0. The normalized spacial score (nSPS) is 18.8. The highest BCUT2D eigenvalue weighted by molar-refractivity contribution is 5.92. The highest BCUT2D eigenvalue weighted by Gasteiger charge is 2.36. The van der Waals surface area contributed by atoms with Crippen LogP contribution in [0.15, 0.2) is 29.7 Å². The SMILES string of the molecule is COc1cc(C2C(C(=O)OC3CCCCC3)=C(C)Nc3ncnn32)cc(OC)c1OC. The summed E-state index contributed by atoms with van der Waals surface area (Å²) in [6, 6.07) is 3.09. The Bertz CT molecular complexity index is 969. The van der Waals surface area contributed by atoms with Gasteiger partial charge in [-0.25, -0.2) is 9.48 Å². The van der Waals surface area contributed by atoms with E-state index in [9.17, 15) is 4.79 Å². The zero-order valence-corrected chi connectivity index (χ0v) is 18.3. The third-order valence-electron chi connectivity index (χ3n) is 5.84. The number of benzene rings is 1. The molecule has 1 aromatic heterocycles. The summed E-state index contributed by atoms with van der Waals surface area (Å²) >= 11 is 0. The lowest BCUT2D eigenvalue weighted by Gasteiger charge is -2.30. The number of allylic oxidation sites excluding steroid dienone is 1. The lowest BCUT2D eigenvalue weighted by atomic mass is 9.94. The van der Waals surface area contributed by atoms with E-state index in [0.29, 0.717) is 34.5 Å². The molecule has 1 saturated carbocycles. The number of esters is 1. The number of ether oxygens (including phenoxy) is 4. The van der Waals surface area contributed by atoms with E-state index in [2.05, 4.69) is 15.4 Å². The van der Waals surface area contributed by atoms with Crippen LogP contribution in [0.2, 0.25) is 0 Å². The monoisotopic (exact) mass is 428 g/mol. The highest BCUT2D eigenvalue weighted by Crippen LogP contribution is 2.44. The molecule has 2 aliphatic rings. The van der Waals surface area contributed by atoms with Gasteiger partial charge < -0.3 is 24.3 Å². The summed E-state index contributed by atoms with van der Waals surface area (Å²) < 4.78 is 24.1. The quantitative estimate of drug-likeness (QED) is 0.699. The number of rotatable bonds is 6. The minimum absolute atomic E-state index is 0.0562. The average molecular weight is 428 g/mol. The molecule has 0 spiro atoms. The average Bonchev–Trinajstić information content (AvgIpc) is 3.25. The topological polar surface area (TPSA) is 96.7 Å². The predicted molar refractivity (Wildman–Crippen MR) is 114 cm³/mol. The Balaban J connectivity index is 1.78. The molecule has 1 fully saturated rings. The Morgan fingerprint density at radius 3 is 2.35 bits per heavy atom. The molecule has 1 aliphatic carbocycles. The maximum absolute atomic E-state index is 13.4. The van der Waals surface area contributed by atoms with Gasteiger partial charge >= 0.3 is 5.97 Å². The van der Waals surface area contributed by atoms with Gasteiger partial charge in [-0.15, -0.1) is 0 Å². The Morgan fingerprint density at radius 1 is 1.06 bits per heavy atom. The number of methoxy groups -OCH3 is 3. The Morgan fingerprint density at radius 2 is 1.74 bits per heavy atom. The molecule has 0 bridgehead atoms. The fourth-order valence-corrected chi connectivity index (χ4v) is 4.32. The number of nitrogens with zero attached hydrogens (tertiary/aromatic N) is 3. The van der Waals surface area contributed by atoms with Crippen LogP contribution in [0.3, 0.4) is 0 Å². The number of hydrogen-bond donors (Lipinski definition) is 1. The van der Waals surface area contributed by atoms with Crippen molar-refractivity contribution in [2.24, 2.45) is 0 Å². The van der Waals surface area contributed by atoms with Gasteiger partial charge in [-0.05, 0) is 50.3 Å². The summed E-state index contributed by atoms with van der Waals surface area (Å²) in [5.41, 5.74) is 1.91. The molecule has 0 radical (unpaired) electrons. The molecule has 1 aliphatic heterocycles. The number of fused-ring (bicyclic) bond motifs is 1. The Hall–Kier alpha value is -3.23. The van der Waals surface area contributed by atoms with Gasteiger partial charge in [0.2, 0.25) is 11.7 Å². The standard InChI is InChI=1S/C22H28N4O5/c1-13-18(21(27)31-15-8-6-5-7-9-15)19(26-22(25-13)23-12-24-26)14-10-16(28-2)20(30-4)17(11-14)29-3/h10-12,15,19H,5-9H2,1-4H3,(H,23,24,25). The number of aromatic nitrogens is 3. The second-order valence-corrected chi connectivity index (χ2v) is 7.72. The van der Waals surface area contributed by atoms with E-state index < -0.39 is 6.04 Å². The van der Waals surface area contributed by atoms with Crippen LogP contribution in [-0.2, 0) is 9.53 Å². The molecule has 4 rings (SSSR count). The van der Waals surface area contributed by atoms with Crippen molar-refractivity contribution in [2.75, 3.05) is 26.6 Å². The molecule has 1 unspecified atom stereocenters. The van der Waals surface area contributed by atoms with Gasteiger partial charge in [-0.2, -0.15) is 10.1 Å². The van der Waals surface area contributed by atoms with Gasteiger partial charge in [0.25, 0.3) is 0 Å². The van der Waals surface area contributed by atoms with Crippen molar-refractivity contribution >= 4 is 11.9 Å². The molecule has 0 amide bonds. The lowest BCUT2D eigenvalue weighted by Crippen LogP contribution is -2.32. The molecule has 9 heteroatoms. The second kappa shape index (κ2) is 8.87. The third-order valence-corrected chi connectivity index (χ3v) is 5.84. The maximum atomic E-state index is 13.4. The summed E-state index contributed by atoms with van der Waals surface area (Å²) in [5.74, 6) is 1.67. The van der Waals surface area contributed by atoms with Crippen LogP contribution in [0.25, 0.3) is 0 Å². The molecule has 1 atom stereocenters. The van der Waals surface area contributed by atoms with Crippen molar-refractivity contribution in [3.05, 3.63) is 35.3 Å². The minimum Gasteiger partial charge on any atom is -0.493 e. The number of anilines is 1. The van der Waals surface area contributed by atoms with Gasteiger partial charge in [0, 0.05) is 5.70 Å². The van der Waals surface area contributed by atoms with Gasteiger partial charge in [0.05, 0.1) is 26.9 Å². The number of carbonyl (C=O) groups is 1. The van der Waals surface area contributed by atoms with Gasteiger partial charge in [-0.1, -0.05) is 6.42 Å². The van der Waals surface area contributed by atoms with Crippen LogP contribution < -0.4 is 19.5 Å². The third kappa shape index (κ3) is 3.92. The summed E-state index contributed by atoms with van der Waals surface area (Å²) in [7, 11) is 4.67. The van der Waals surface area contributed by atoms with Crippen LogP contribution >= 0.6 is 0 Å². The number of nitrogens with one attached hydrogen (secondary N) is 1. The fourth-order valence-electron chi connectivity index (χ4n) is 4.32. The van der Waals surface area contributed by atoms with E-state index in [1.165, 1.54) is 12.7 Å². The molecular formula is C22H28N4O5. The molecule has 31 heavy (non-hydrogen) atoms. The zero-order chi connectivity index (χ0) is 22.0. The lowest BCUT2D eigenvalue weighted by molar-refractivity contribution is -0.146. The molecule has 1 N–H and O–H groups in total. The van der Waals surface area contributed by atoms with Crippen molar-refractivity contribution in [1.29, 1.82) is 0 Å². The predicted octanol–water partition coefficient (Wildman–Crippen LogP) is 3.47. The fraction of sp³-hybridized carbons (Fsp3) is 0.500. The highest BCUT2D eigenvalue weighted by atomic mass is 16.5. The molecule has 1 aromatic carbocycles. The Labute approximate surface area is 181 Å². The minimum atomic E-state index is -0.552. The molecule has 2 heterocycles. The molecule has 9 nitrogen and oxygen atoms in total. The first-order valence-corrected chi connectivity index (χ1v) is 10.5. The zero-order valence-electron chi connectivity index (χ0n) is 18.3. The van der Waals surface area contributed by atoms with Crippen LogP contribution in [0.1, 0.15) is 50.6 Å². The van der Waals surface area contributed by atoms with E-state index in [4.69, 9.17) is 18.9 Å². The smallest absolute Gasteiger partial charge is 0.338 e. The molecule has 2 aromatic rings. The largest absolute Gasteiger partial charge is 0.493 e. The van der Waals surface area contributed by atoms with Gasteiger partial charge in [0.15, 0.2) is 11.5 Å². The first-order chi connectivity index (χ1) is 15.1.